The Labute approximate surface area is 137 Å². The summed E-state index contributed by atoms with van der Waals surface area (Å²) < 4.78 is 28.0. The quantitative estimate of drug-likeness (QED) is 0.760. The molecule has 0 unspecified atom stereocenters. The van der Waals surface area contributed by atoms with Crippen molar-refractivity contribution in [3.63, 3.8) is 0 Å². The molecular formula is C15H19F2IN2O. The fourth-order valence-corrected chi connectivity index (χ4v) is 3.23. The van der Waals surface area contributed by atoms with Crippen LogP contribution in [0, 0.1) is 17.4 Å². The normalized spacial score (nSPS) is 18.4. The van der Waals surface area contributed by atoms with E-state index in [2.05, 4.69) is 22.6 Å². The number of nitrogens with zero attached hydrogens (tertiary/aromatic N) is 1. The van der Waals surface area contributed by atoms with Gasteiger partial charge >= 0.3 is 0 Å². The molecule has 2 N–H and O–H groups in total. The summed E-state index contributed by atoms with van der Waals surface area (Å²) in [5, 5.41) is 0. The highest BCUT2D eigenvalue weighted by molar-refractivity contribution is 14.1. The standard InChI is InChI=1S/C15H19F2IN2O/c1-9-8-11(12(14(19)21)10(2)13(9)18)20-6-3-4-15(16,17)5-7-20/h8H,3-7H2,1-2H3,(H2,19,21). The number of benzene rings is 1. The minimum atomic E-state index is -2.62. The van der Waals surface area contributed by atoms with E-state index in [1.807, 2.05) is 24.8 Å². The first-order valence-corrected chi connectivity index (χ1v) is 8.03. The van der Waals surface area contributed by atoms with Crippen LogP contribution in [-0.2, 0) is 0 Å². The fourth-order valence-electron chi connectivity index (χ4n) is 2.80. The molecule has 0 spiro atoms. The Morgan fingerprint density at radius 1 is 1.33 bits per heavy atom. The smallest absolute Gasteiger partial charge is 0.251 e. The van der Waals surface area contributed by atoms with E-state index in [-0.39, 0.29) is 19.4 Å². The van der Waals surface area contributed by atoms with Crippen molar-refractivity contribution in [1.29, 1.82) is 0 Å². The van der Waals surface area contributed by atoms with Gasteiger partial charge in [-0.3, -0.25) is 4.79 Å². The predicted molar refractivity (Wildman–Crippen MR) is 88.2 cm³/mol. The van der Waals surface area contributed by atoms with Crippen molar-refractivity contribution in [1.82, 2.24) is 0 Å². The summed E-state index contributed by atoms with van der Waals surface area (Å²) in [6.07, 6.45) is 0.127. The molecule has 1 fully saturated rings. The van der Waals surface area contributed by atoms with Crippen molar-refractivity contribution in [2.45, 2.75) is 39.0 Å². The molecule has 1 amide bonds. The predicted octanol–water partition coefficient (Wildman–Crippen LogP) is 3.63. The molecule has 0 saturated carbocycles. The summed E-state index contributed by atoms with van der Waals surface area (Å²) in [5.74, 6) is -3.12. The van der Waals surface area contributed by atoms with Crippen LogP contribution in [0.1, 0.15) is 40.7 Å². The van der Waals surface area contributed by atoms with Crippen LogP contribution < -0.4 is 10.6 Å². The Morgan fingerprint density at radius 2 is 2.00 bits per heavy atom. The molecule has 2 rings (SSSR count). The highest BCUT2D eigenvalue weighted by Gasteiger charge is 2.33. The lowest BCUT2D eigenvalue weighted by atomic mass is 10.0. The topological polar surface area (TPSA) is 46.3 Å². The minimum absolute atomic E-state index is 0.0995. The molecule has 1 aromatic carbocycles. The van der Waals surface area contributed by atoms with Gasteiger partial charge in [0.1, 0.15) is 0 Å². The van der Waals surface area contributed by atoms with Crippen molar-refractivity contribution in [3.8, 4) is 0 Å². The van der Waals surface area contributed by atoms with Gasteiger partial charge in [-0.25, -0.2) is 8.78 Å². The van der Waals surface area contributed by atoms with Gasteiger partial charge < -0.3 is 10.6 Å². The number of anilines is 1. The van der Waals surface area contributed by atoms with Crippen LogP contribution in [0.15, 0.2) is 6.07 Å². The van der Waals surface area contributed by atoms with Gasteiger partial charge in [0.2, 0.25) is 5.92 Å². The minimum Gasteiger partial charge on any atom is -0.371 e. The second-order valence-electron chi connectivity index (χ2n) is 5.59. The molecule has 1 aliphatic rings. The number of carbonyl (C=O) groups excluding carboxylic acids is 1. The zero-order chi connectivity index (χ0) is 15.8. The molecule has 0 aliphatic carbocycles. The lowest BCUT2D eigenvalue weighted by Crippen LogP contribution is -2.29. The SMILES string of the molecule is Cc1cc(N2CCCC(F)(F)CC2)c(C(N)=O)c(C)c1I. The summed E-state index contributed by atoms with van der Waals surface area (Å²) in [7, 11) is 0. The van der Waals surface area contributed by atoms with Gasteiger partial charge in [0.15, 0.2) is 0 Å². The van der Waals surface area contributed by atoms with Crippen molar-refractivity contribution in [3.05, 3.63) is 26.3 Å². The summed E-state index contributed by atoms with van der Waals surface area (Å²) in [6.45, 7) is 4.57. The second kappa shape index (κ2) is 6.06. The van der Waals surface area contributed by atoms with Gasteiger partial charge in [-0.15, -0.1) is 0 Å². The highest BCUT2D eigenvalue weighted by Crippen LogP contribution is 2.34. The molecule has 1 heterocycles. The maximum Gasteiger partial charge on any atom is 0.251 e. The molecule has 3 nitrogen and oxygen atoms in total. The zero-order valence-corrected chi connectivity index (χ0v) is 14.3. The Kier molecular flexibility index (Phi) is 4.75. The summed E-state index contributed by atoms with van der Waals surface area (Å²) in [6, 6.07) is 1.89. The lowest BCUT2D eigenvalue weighted by molar-refractivity contribution is -0.0102. The number of rotatable bonds is 2. The number of hydrogen-bond acceptors (Lipinski definition) is 2. The van der Waals surface area contributed by atoms with Gasteiger partial charge in [0, 0.05) is 29.5 Å². The summed E-state index contributed by atoms with van der Waals surface area (Å²) in [4.78, 5) is 13.7. The number of aryl methyl sites for hydroxylation is 1. The summed E-state index contributed by atoms with van der Waals surface area (Å²) >= 11 is 2.18. The van der Waals surface area contributed by atoms with E-state index in [1.165, 1.54) is 0 Å². The molecule has 1 aliphatic heterocycles. The Hall–Kier alpha value is -0.920. The van der Waals surface area contributed by atoms with E-state index < -0.39 is 11.8 Å². The maximum absolute atomic E-state index is 13.5. The van der Waals surface area contributed by atoms with Crippen molar-refractivity contribution >= 4 is 34.2 Å². The number of amides is 1. The van der Waals surface area contributed by atoms with Gasteiger partial charge in [-0.1, -0.05) is 0 Å². The third-order valence-electron chi connectivity index (χ3n) is 3.96. The first-order chi connectivity index (χ1) is 9.73. The van der Waals surface area contributed by atoms with Crippen molar-refractivity contribution < 1.29 is 13.6 Å². The highest BCUT2D eigenvalue weighted by atomic mass is 127. The maximum atomic E-state index is 13.5. The molecule has 0 aromatic heterocycles. The first kappa shape index (κ1) is 16.5. The van der Waals surface area contributed by atoms with Gasteiger partial charge in [0.05, 0.1) is 11.3 Å². The fraction of sp³-hybridized carbons (Fsp3) is 0.533. The Balaban J connectivity index is 2.46. The van der Waals surface area contributed by atoms with Crippen LogP contribution in [0.2, 0.25) is 0 Å². The van der Waals surface area contributed by atoms with E-state index in [0.29, 0.717) is 24.2 Å². The molecule has 21 heavy (non-hydrogen) atoms. The molecule has 1 saturated heterocycles. The van der Waals surface area contributed by atoms with Crippen LogP contribution in [0.25, 0.3) is 0 Å². The monoisotopic (exact) mass is 408 g/mol. The van der Waals surface area contributed by atoms with Crippen LogP contribution in [-0.4, -0.2) is 24.9 Å². The van der Waals surface area contributed by atoms with Crippen LogP contribution >= 0.6 is 22.6 Å². The molecule has 116 valence electrons. The van der Waals surface area contributed by atoms with E-state index in [0.717, 1.165) is 14.7 Å². The van der Waals surface area contributed by atoms with Gasteiger partial charge in [-0.2, -0.15) is 0 Å². The number of primary amides is 1. The van der Waals surface area contributed by atoms with Gasteiger partial charge in [-0.05, 0) is 60.1 Å². The summed E-state index contributed by atoms with van der Waals surface area (Å²) in [5.41, 5.74) is 8.52. The average Bonchev–Trinajstić information content (AvgIpc) is 2.56. The van der Waals surface area contributed by atoms with Crippen molar-refractivity contribution in [2.75, 3.05) is 18.0 Å². The third kappa shape index (κ3) is 3.46. The number of hydrogen-bond donors (Lipinski definition) is 1. The molecule has 1 aromatic rings. The van der Waals surface area contributed by atoms with E-state index >= 15 is 0 Å². The Bertz CT molecular complexity index is 575. The van der Waals surface area contributed by atoms with Crippen molar-refractivity contribution in [2.24, 2.45) is 5.73 Å². The van der Waals surface area contributed by atoms with E-state index in [4.69, 9.17) is 5.73 Å². The molecular weight excluding hydrogens is 389 g/mol. The van der Waals surface area contributed by atoms with E-state index in [1.54, 1.807) is 0 Å². The number of alkyl halides is 2. The molecule has 0 radical (unpaired) electrons. The number of carbonyl (C=O) groups is 1. The average molecular weight is 408 g/mol. The molecule has 0 bridgehead atoms. The van der Waals surface area contributed by atoms with Crippen LogP contribution in [0.4, 0.5) is 14.5 Å². The van der Waals surface area contributed by atoms with Crippen LogP contribution in [0.3, 0.4) is 0 Å². The second-order valence-corrected chi connectivity index (χ2v) is 6.67. The first-order valence-electron chi connectivity index (χ1n) is 6.95. The molecule has 0 atom stereocenters. The van der Waals surface area contributed by atoms with E-state index in [9.17, 15) is 13.6 Å². The number of nitrogens with two attached hydrogens (primary N) is 1. The third-order valence-corrected chi connectivity index (χ3v) is 5.62. The zero-order valence-electron chi connectivity index (χ0n) is 12.2. The number of halogens is 3. The largest absolute Gasteiger partial charge is 0.371 e. The lowest BCUT2D eigenvalue weighted by Gasteiger charge is -2.27. The Morgan fingerprint density at radius 3 is 2.62 bits per heavy atom. The van der Waals surface area contributed by atoms with Gasteiger partial charge in [0.25, 0.3) is 5.91 Å². The van der Waals surface area contributed by atoms with Crippen LogP contribution in [0.5, 0.6) is 0 Å². The molecule has 6 heteroatoms.